The molecule has 0 spiro atoms. The van der Waals surface area contributed by atoms with Crippen molar-refractivity contribution in [1.82, 2.24) is 10.6 Å². The number of rotatable bonds is 5. The van der Waals surface area contributed by atoms with Gasteiger partial charge >= 0.3 is 11.8 Å². The molecule has 0 aromatic heterocycles. The van der Waals surface area contributed by atoms with Gasteiger partial charge in [0.2, 0.25) is 0 Å². The lowest BCUT2D eigenvalue weighted by atomic mass is 10.1. The lowest BCUT2D eigenvalue weighted by molar-refractivity contribution is -0.139. The van der Waals surface area contributed by atoms with Crippen LogP contribution >= 0.6 is 0 Å². The molecule has 0 bridgehead atoms. The average Bonchev–Trinajstić information content (AvgIpc) is 3.21. The Kier molecular flexibility index (Phi) is 4.52. The highest BCUT2D eigenvalue weighted by Crippen LogP contribution is 2.18. The van der Waals surface area contributed by atoms with Gasteiger partial charge in [0.1, 0.15) is 0 Å². The van der Waals surface area contributed by atoms with Crippen molar-refractivity contribution in [3.63, 3.8) is 0 Å². The van der Waals surface area contributed by atoms with E-state index in [1.807, 2.05) is 30.3 Å². The quantitative estimate of drug-likeness (QED) is 0.653. The Morgan fingerprint density at radius 1 is 1.21 bits per heavy atom. The first-order valence-corrected chi connectivity index (χ1v) is 6.46. The van der Waals surface area contributed by atoms with Gasteiger partial charge in [-0.25, -0.2) is 0 Å². The van der Waals surface area contributed by atoms with Crippen LogP contribution in [-0.2, 0) is 16.0 Å². The Morgan fingerprint density at radius 3 is 2.53 bits per heavy atom. The summed E-state index contributed by atoms with van der Waals surface area (Å²) in [6.45, 7) is 0.0752. The first-order chi connectivity index (χ1) is 9.15. The molecule has 102 valence electrons. The summed E-state index contributed by atoms with van der Waals surface area (Å²) in [5.41, 5.74) is 0.992. The van der Waals surface area contributed by atoms with Crippen molar-refractivity contribution >= 4 is 11.8 Å². The van der Waals surface area contributed by atoms with E-state index in [1.54, 1.807) is 0 Å². The fourth-order valence-corrected chi connectivity index (χ4v) is 1.73. The van der Waals surface area contributed by atoms with E-state index < -0.39 is 17.9 Å². The smallest absolute Gasteiger partial charge is 0.309 e. The molecule has 1 aromatic carbocycles. The molecule has 1 fully saturated rings. The van der Waals surface area contributed by atoms with E-state index >= 15 is 0 Å². The molecule has 0 unspecified atom stereocenters. The van der Waals surface area contributed by atoms with Crippen molar-refractivity contribution in [2.75, 3.05) is 6.54 Å². The van der Waals surface area contributed by atoms with Crippen molar-refractivity contribution in [1.29, 1.82) is 0 Å². The molecule has 19 heavy (non-hydrogen) atoms. The summed E-state index contributed by atoms with van der Waals surface area (Å²) in [6.07, 6.45) is 1.64. The first kappa shape index (κ1) is 13.5. The van der Waals surface area contributed by atoms with Gasteiger partial charge in [-0.15, -0.1) is 0 Å². The minimum absolute atomic E-state index is 0.0752. The summed E-state index contributed by atoms with van der Waals surface area (Å²) < 4.78 is 0. The molecule has 1 aliphatic carbocycles. The normalized spacial score (nSPS) is 15.6. The van der Waals surface area contributed by atoms with E-state index in [0.29, 0.717) is 6.42 Å². The monoisotopic (exact) mass is 262 g/mol. The van der Waals surface area contributed by atoms with Crippen LogP contribution in [0.1, 0.15) is 18.4 Å². The van der Waals surface area contributed by atoms with Crippen LogP contribution in [0.2, 0.25) is 0 Å². The first-order valence-electron chi connectivity index (χ1n) is 6.46. The van der Waals surface area contributed by atoms with Crippen LogP contribution in [0.25, 0.3) is 0 Å². The van der Waals surface area contributed by atoms with Gasteiger partial charge in [0.25, 0.3) is 0 Å². The largest absolute Gasteiger partial charge is 0.391 e. The van der Waals surface area contributed by atoms with Gasteiger partial charge in [0.05, 0.1) is 6.10 Å². The highest BCUT2D eigenvalue weighted by Gasteiger charge is 2.26. The molecule has 0 heterocycles. The summed E-state index contributed by atoms with van der Waals surface area (Å²) in [6, 6.07) is 9.66. The highest BCUT2D eigenvalue weighted by atomic mass is 16.3. The molecule has 3 N–H and O–H groups in total. The van der Waals surface area contributed by atoms with E-state index in [9.17, 15) is 14.7 Å². The summed E-state index contributed by atoms with van der Waals surface area (Å²) in [4.78, 5) is 22.8. The third-order valence-electron chi connectivity index (χ3n) is 2.93. The Bertz CT molecular complexity index is 443. The van der Waals surface area contributed by atoms with Gasteiger partial charge in [0, 0.05) is 19.0 Å². The number of nitrogens with one attached hydrogen (secondary N) is 2. The Hall–Kier alpha value is -1.88. The molecule has 2 rings (SSSR count). The van der Waals surface area contributed by atoms with Crippen LogP contribution in [0, 0.1) is 0 Å². The molecule has 0 radical (unpaired) electrons. The number of carbonyl (C=O) groups is 2. The van der Waals surface area contributed by atoms with Crippen molar-refractivity contribution in [3.05, 3.63) is 35.9 Å². The van der Waals surface area contributed by atoms with E-state index in [4.69, 9.17) is 0 Å². The molecule has 0 saturated heterocycles. The summed E-state index contributed by atoms with van der Waals surface area (Å²) in [5, 5.41) is 14.8. The van der Waals surface area contributed by atoms with Crippen molar-refractivity contribution < 1.29 is 14.7 Å². The van der Waals surface area contributed by atoms with Crippen molar-refractivity contribution in [3.8, 4) is 0 Å². The molecular formula is C14H18N2O3. The van der Waals surface area contributed by atoms with Crippen LogP contribution in [-0.4, -0.2) is 35.6 Å². The molecule has 2 amide bonds. The number of hydrogen-bond acceptors (Lipinski definition) is 3. The zero-order valence-corrected chi connectivity index (χ0v) is 10.6. The maximum absolute atomic E-state index is 11.4. The fourth-order valence-electron chi connectivity index (χ4n) is 1.73. The molecule has 1 atom stereocenters. The van der Waals surface area contributed by atoms with Gasteiger partial charge in [-0.3, -0.25) is 9.59 Å². The van der Waals surface area contributed by atoms with Gasteiger partial charge in [-0.2, -0.15) is 0 Å². The predicted octanol–water partition coefficient (Wildman–Crippen LogP) is -0.0152. The van der Waals surface area contributed by atoms with E-state index in [0.717, 1.165) is 18.4 Å². The van der Waals surface area contributed by atoms with Gasteiger partial charge in [0.15, 0.2) is 0 Å². The number of hydrogen-bond donors (Lipinski definition) is 3. The molecule has 1 aromatic rings. The number of benzene rings is 1. The zero-order chi connectivity index (χ0) is 13.7. The maximum Gasteiger partial charge on any atom is 0.309 e. The van der Waals surface area contributed by atoms with Gasteiger partial charge in [-0.1, -0.05) is 30.3 Å². The number of carbonyl (C=O) groups excluding carboxylic acids is 2. The maximum atomic E-state index is 11.4. The molecule has 1 aliphatic rings. The average molecular weight is 262 g/mol. The van der Waals surface area contributed by atoms with E-state index in [2.05, 4.69) is 10.6 Å². The third-order valence-corrected chi connectivity index (χ3v) is 2.93. The highest BCUT2D eigenvalue weighted by molar-refractivity contribution is 6.35. The standard InChI is InChI=1S/C14H18N2O3/c17-12(8-10-4-2-1-3-5-10)9-15-13(18)14(19)16-11-6-7-11/h1-5,11-12,17H,6-9H2,(H,15,18)(H,16,19)/t12-/m1/s1. The molecule has 5 heteroatoms. The molecule has 5 nitrogen and oxygen atoms in total. The molecule has 0 aliphatic heterocycles. The van der Waals surface area contributed by atoms with E-state index in [1.165, 1.54) is 0 Å². The topological polar surface area (TPSA) is 78.4 Å². The summed E-state index contributed by atoms with van der Waals surface area (Å²) in [7, 11) is 0. The van der Waals surface area contributed by atoms with Crippen LogP contribution in [0.4, 0.5) is 0 Å². The van der Waals surface area contributed by atoms with Crippen LogP contribution in [0.5, 0.6) is 0 Å². The molecular weight excluding hydrogens is 244 g/mol. The Morgan fingerprint density at radius 2 is 1.89 bits per heavy atom. The second-order valence-electron chi connectivity index (χ2n) is 4.80. The zero-order valence-electron chi connectivity index (χ0n) is 10.6. The lowest BCUT2D eigenvalue weighted by Crippen LogP contribution is -2.43. The predicted molar refractivity (Wildman–Crippen MR) is 70.3 cm³/mol. The van der Waals surface area contributed by atoms with Gasteiger partial charge < -0.3 is 15.7 Å². The molecule has 1 saturated carbocycles. The Labute approximate surface area is 112 Å². The lowest BCUT2D eigenvalue weighted by Gasteiger charge is -2.11. The minimum atomic E-state index is -0.694. The van der Waals surface area contributed by atoms with Gasteiger partial charge in [-0.05, 0) is 18.4 Å². The summed E-state index contributed by atoms with van der Waals surface area (Å²) in [5.74, 6) is -1.30. The number of aliphatic hydroxyl groups is 1. The second kappa shape index (κ2) is 6.33. The van der Waals surface area contributed by atoms with Crippen molar-refractivity contribution in [2.24, 2.45) is 0 Å². The van der Waals surface area contributed by atoms with Crippen LogP contribution < -0.4 is 10.6 Å². The second-order valence-corrected chi connectivity index (χ2v) is 4.80. The number of aliphatic hydroxyl groups excluding tert-OH is 1. The van der Waals surface area contributed by atoms with Crippen LogP contribution in [0.15, 0.2) is 30.3 Å². The van der Waals surface area contributed by atoms with E-state index in [-0.39, 0.29) is 12.6 Å². The third kappa shape index (κ3) is 4.71. The minimum Gasteiger partial charge on any atom is -0.391 e. The SMILES string of the molecule is O=C(NC[C@H](O)Cc1ccccc1)C(=O)NC1CC1. The summed E-state index contributed by atoms with van der Waals surface area (Å²) >= 11 is 0. The fraction of sp³-hybridized carbons (Fsp3) is 0.429. The van der Waals surface area contributed by atoms with Crippen LogP contribution in [0.3, 0.4) is 0 Å². The number of amides is 2. The Balaban J connectivity index is 1.69. The van der Waals surface area contributed by atoms with Crippen molar-refractivity contribution in [2.45, 2.75) is 31.4 Å².